The van der Waals surface area contributed by atoms with Gasteiger partial charge < -0.3 is 5.32 Å². The Morgan fingerprint density at radius 3 is 3.08 bits per heavy atom. The van der Waals surface area contributed by atoms with Gasteiger partial charge in [0, 0.05) is 18.2 Å². The van der Waals surface area contributed by atoms with E-state index in [2.05, 4.69) is 10.8 Å². The fourth-order valence-electron chi connectivity index (χ4n) is 1.22. The van der Waals surface area contributed by atoms with Crippen molar-refractivity contribution < 1.29 is 9.63 Å². The predicted octanol–water partition coefficient (Wildman–Crippen LogP) is -0.172. The maximum atomic E-state index is 10.2. The first-order valence-corrected chi connectivity index (χ1v) is 4.01. The predicted molar refractivity (Wildman–Crippen MR) is 45.2 cm³/mol. The molecule has 68 valence electrons. The van der Waals surface area contributed by atoms with E-state index < -0.39 is 0 Å². The second-order valence-electron chi connectivity index (χ2n) is 2.86. The molecule has 0 bridgehead atoms. The molecule has 0 aliphatic carbocycles. The molecule has 4 nitrogen and oxygen atoms in total. The van der Waals surface area contributed by atoms with Crippen LogP contribution < -0.4 is 10.8 Å². The van der Waals surface area contributed by atoms with E-state index in [-0.39, 0.29) is 12.0 Å². The van der Waals surface area contributed by atoms with E-state index in [0.717, 1.165) is 18.5 Å². The van der Waals surface area contributed by atoms with Crippen molar-refractivity contribution in [1.29, 1.82) is 0 Å². The summed E-state index contributed by atoms with van der Waals surface area (Å²) in [7, 11) is 1.87. The van der Waals surface area contributed by atoms with E-state index in [1.807, 2.05) is 14.0 Å². The number of aldehydes is 1. The number of nitrogens with one attached hydrogen (secondary N) is 2. The standard InChI is InChI=1S/C8H14N2O2/c1-6-7(3-4-11)10-12-8(6)5-9-2/h3-4,6,8-10H,5H2,1-2H3/b7-3-. The second kappa shape index (κ2) is 4.23. The minimum atomic E-state index is 0.112. The Morgan fingerprint density at radius 1 is 1.75 bits per heavy atom. The first-order valence-electron chi connectivity index (χ1n) is 4.01. The number of hydroxylamine groups is 1. The van der Waals surface area contributed by atoms with Crippen molar-refractivity contribution in [2.75, 3.05) is 13.6 Å². The van der Waals surface area contributed by atoms with Gasteiger partial charge in [-0.25, -0.2) is 0 Å². The molecule has 2 atom stereocenters. The second-order valence-corrected chi connectivity index (χ2v) is 2.86. The first-order chi connectivity index (χ1) is 5.79. The fraction of sp³-hybridized carbons (Fsp3) is 0.625. The lowest BCUT2D eigenvalue weighted by Gasteiger charge is -2.10. The normalized spacial score (nSPS) is 32.0. The van der Waals surface area contributed by atoms with Gasteiger partial charge >= 0.3 is 0 Å². The number of carbonyl (C=O) groups is 1. The lowest BCUT2D eigenvalue weighted by molar-refractivity contribution is -0.104. The van der Waals surface area contributed by atoms with Crippen LogP contribution in [0.2, 0.25) is 0 Å². The van der Waals surface area contributed by atoms with Gasteiger partial charge in [0.25, 0.3) is 0 Å². The average Bonchev–Trinajstić information content (AvgIpc) is 2.38. The number of likely N-dealkylation sites (N-methyl/N-ethyl adjacent to an activating group) is 1. The third kappa shape index (κ3) is 1.84. The van der Waals surface area contributed by atoms with Gasteiger partial charge in [0.1, 0.15) is 12.4 Å². The molecule has 1 fully saturated rings. The van der Waals surface area contributed by atoms with Crippen LogP contribution in [0.4, 0.5) is 0 Å². The molecule has 0 spiro atoms. The molecule has 0 radical (unpaired) electrons. The van der Waals surface area contributed by atoms with Gasteiger partial charge in [0.15, 0.2) is 0 Å². The Balaban J connectivity index is 2.54. The molecule has 1 heterocycles. The Labute approximate surface area is 71.9 Å². The summed E-state index contributed by atoms with van der Waals surface area (Å²) in [5, 5.41) is 3.02. The van der Waals surface area contributed by atoms with Crippen molar-refractivity contribution in [3.63, 3.8) is 0 Å². The molecule has 1 rings (SSSR count). The molecule has 1 aliphatic rings. The number of allylic oxidation sites excluding steroid dienone is 1. The van der Waals surface area contributed by atoms with Crippen LogP contribution in [0, 0.1) is 5.92 Å². The van der Waals surface area contributed by atoms with E-state index in [0.29, 0.717) is 0 Å². The van der Waals surface area contributed by atoms with Crippen molar-refractivity contribution in [2.45, 2.75) is 13.0 Å². The maximum Gasteiger partial charge on any atom is 0.144 e. The summed E-state index contributed by atoms with van der Waals surface area (Å²) >= 11 is 0. The van der Waals surface area contributed by atoms with Gasteiger partial charge in [-0.05, 0) is 13.1 Å². The summed E-state index contributed by atoms with van der Waals surface area (Å²) in [6.45, 7) is 2.81. The number of carbonyl (C=O) groups excluding carboxylic acids is 1. The van der Waals surface area contributed by atoms with Crippen molar-refractivity contribution in [3.05, 3.63) is 11.8 Å². The van der Waals surface area contributed by atoms with Gasteiger partial charge in [-0.1, -0.05) is 6.92 Å². The molecule has 2 N–H and O–H groups in total. The summed E-state index contributed by atoms with van der Waals surface area (Å²) in [4.78, 5) is 15.4. The van der Waals surface area contributed by atoms with E-state index in [1.165, 1.54) is 6.08 Å². The van der Waals surface area contributed by atoms with Crippen LogP contribution in [0.1, 0.15) is 6.92 Å². The van der Waals surface area contributed by atoms with Crippen molar-refractivity contribution >= 4 is 6.29 Å². The molecule has 0 aromatic rings. The van der Waals surface area contributed by atoms with Crippen molar-refractivity contribution in [2.24, 2.45) is 5.92 Å². The third-order valence-corrected chi connectivity index (χ3v) is 2.03. The highest BCUT2D eigenvalue weighted by Crippen LogP contribution is 2.20. The van der Waals surface area contributed by atoms with Crippen LogP contribution in [0.15, 0.2) is 11.8 Å². The minimum absolute atomic E-state index is 0.112. The topological polar surface area (TPSA) is 50.4 Å². The molecule has 1 aliphatic heterocycles. The van der Waals surface area contributed by atoms with Gasteiger partial charge in [0.05, 0.1) is 0 Å². The Bertz CT molecular complexity index is 191. The number of hydrogen-bond donors (Lipinski definition) is 2. The zero-order valence-corrected chi connectivity index (χ0v) is 7.33. The molecule has 0 aromatic heterocycles. The highest BCUT2D eigenvalue weighted by atomic mass is 16.7. The molecule has 0 amide bonds. The molecule has 1 saturated heterocycles. The maximum absolute atomic E-state index is 10.2. The molecule has 12 heavy (non-hydrogen) atoms. The molecule has 0 saturated carbocycles. The largest absolute Gasteiger partial charge is 0.317 e. The lowest BCUT2D eigenvalue weighted by Crippen LogP contribution is -2.27. The molecular formula is C8H14N2O2. The zero-order valence-electron chi connectivity index (χ0n) is 7.33. The molecular weight excluding hydrogens is 156 g/mol. The molecule has 2 unspecified atom stereocenters. The number of rotatable bonds is 3. The molecule has 4 heteroatoms. The fourth-order valence-corrected chi connectivity index (χ4v) is 1.22. The van der Waals surface area contributed by atoms with Crippen LogP contribution >= 0.6 is 0 Å². The summed E-state index contributed by atoms with van der Waals surface area (Å²) < 4.78 is 0. The van der Waals surface area contributed by atoms with Gasteiger partial charge in [0.2, 0.25) is 0 Å². The van der Waals surface area contributed by atoms with E-state index in [4.69, 9.17) is 4.84 Å². The quantitative estimate of drug-likeness (QED) is 0.456. The van der Waals surface area contributed by atoms with Gasteiger partial charge in [-0.3, -0.25) is 15.1 Å². The Kier molecular flexibility index (Phi) is 3.25. The van der Waals surface area contributed by atoms with E-state index >= 15 is 0 Å². The first kappa shape index (κ1) is 9.22. The Morgan fingerprint density at radius 2 is 2.50 bits per heavy atom. The lowest BCUT2D eigenvalue weighted by atomic mass is 10.0. The van der Waals surface area contributed by atoms with Crippen molar-refractivity contribution in [3.8, 4) is 0 Å². The monoisotopic (exact) mass is 170 g/mol. The molecule has 0 aromatic carbocycles. The Hall–Kier alpha value is -0.870. The van der Waals surface area contributed by atoms with Gasteiger partial charge in [-0.2, -0.15) is 0 Å². The number of hydrogen-bond acceptors (Lipinski definition) is 4. The van der Waals surface area contributed by atoms with Crippen molar-refractivity contribution in [1.82, 2.24) is 10.8 Å². The third-order valence-electron chi connectivity index (χ3n) is 2.03. The summed E-state index contributed by atoms with van der Waals surface area (Å²) in [6, 6.07) is 0. The SMILES string of the molecule is CNCC1ON/C(=C\C=O)C1C. The van der Waals surface area contributed by atoms with Crippen LogP contribution in [0.25, 0.3) is 0 Å². The highest BCUT2D eigenvalue weighted by molar-refractivity contribution is 5.66. The van der Waals surface area contributed by atoms with Crippen LogP contribution in [-0.4, -0.2) is 26.0 Å². The summed E-state index contributed by atoms with van der Waals surface area (Å²) in [5.41, 5.74) is 3.58. The smallest absolute Gasteiger partial charge is 0.144 e. The summed E-state index contributed by atoms with van der Waals surface area (Å²) in [5.74, 6) is 0.252. The minimum Gasteiger partial charge on any atom is -0.317 e. The van der Waals surface area contributed by atoms with E-state index in [1.54, 1.807) is 0 Å². The van der Waals surface area contributed by atoms with Crippen LogP contribution in [0.5, 0.6) is 0 Å². The van der Waals surface area contributed by atoms with Crippen LogP contribution in [0.3, 0.4) is 0 Å². The van der Waals surface area contributed by atoms with Crippen LogP contribution in [-0.2, 0) is 9.63 Å². The summed E-state index contributed by atoms with van der Waals surface area (Å²) in [6.07, 6.45) is 2.38. The average molecular weight is 170 g/mol. The van der Waals surface area contributed by atoms with Gasteiger partial charge in [-0.15, -0.1) is 0 Å². The highest BCUT2D eigenvalue weighted by Gasteiger charge is 2.28. The van der Waals surface area contributed by atoms with E-state index in [9.17, 15) is 4.79 Å². The zero-order chi connectivity index (χ0) is 8.97.